The number of tetrazole rings is 1. The number of aromatic nitrogens is 4. The number of carbonyl (C=O) groups is 3. The molecule has 1 heterocycles. The van der Waals surface area contributed by atoms with E-state index in [4.69, 9.17) is 11.6 Å². The molecule has 0 unspecified atom stereocenters. The first-order valence-corrected chi connectivity index (χ1v) is 15.3. The van der Waals surface area contributed by atoms with E-state index in [1.165, 1.54) is 66.7 Å². The highest BCUT2D eigenvalue weighted by Gasteiger charge is 2.23. The van der Waals surface area contributed by atoms with Crippen molar-refractivity contribution in [3.05, 3.63) is 137 Å². The van der Waals surface area contributed by atoms with E-state index in [-0.39, 0.29) is 32.4 Å². The number of nitrogens with one attached hydrogen (secondary N) is 3. The third-order valence-corrected chi connectivity index (χ3v) is 8.09. The largest absolute Gasteiger partial charge is 0.337 e. The lowest BCUT2D eigenvalue weighted by Crippen LogP contribution is -2.36. The SMILES string of the molecule is O=C(/C=C/c1c(-n2ncnn2)ccc(Cl)c1F)N[C@H](C(=O)Nc1ccc(C(=O)NS(=O)(=O)c2ccccc2)cc1)c1ccccc1. The van der Waals surface area contributed by atoms with Gasteiger partial charge < -0.3 is 10.6 Å². The third-order valence-electron chi connectivity index (χ3n) is 6.45. The summed E-state index contributed by atoms with van der Waals surface area (Å²) in [5.74, 6) is -3.03. The first-order valence-electron chi connectivity index (χ1n) is 13.4. The van der Waals surface area contributed by atoms with E-state index in [0.29, 0.717) is 5.56 Å². The van der Waals surface area contributed by atoms with Gasteiger partial charge in [-0.3, -0.25) is 14.4 Å². The summed E-state index contributed by atoms with van der Waals surface area (Å²) in [4.78, 5) is 40.0. The highest BCUT2D eigenvalue weighted by atomic mass is 35.5. The zero-order chi connectivity index (χ0) is 32.7. The van der Waals surface area contributed by atoms with Crippen LogP contribution in [0, 0.1) is 5.82 Å². The summed E-state index contributed by atoms with van der Waals surface area (Å²) in [5, 5.41) is 16.3. The normalized spacial score (nSPS) is 12.0. The second-order valence-corrected chi connectivity index (χ2v) is 11.6. The van der Waals surface area contributed by atoms with E-state index in [1.54, 1.807) is 36.4 Å². The number of hydrogen-bond donors (Lipinski definition) is 3. The first kappa shape index (κ1) is 31.7. The van der Waals surface area contributed by atoms with Crippen LogP contribution in [0.4, 0.5) is 10.1 Å². The molecule has 0 radical (unpaired) electrons. The van der Waals surface area contributed by atoms with Gasteiger partial charge >= 0.3 is 0 Å². The minimum atomic E-state index is -4.08. The van der Waals surface area contributed by atoms with E-state index >= 15 is 0 Å². The lowest BCUT2D eigenvalue weighted by molar-refractivity contribution is -0.123. The lowest BCUT2D eigenvalue weighted by atomic mass is 10.1. The van der Waals surface area contributed by atoms with Gasteiger partial charge in [0.1, 0.15) is 6.04 Å². The van der Waals surface area contributed by atoms with Gasteiger partial charge in [0.25, 0.3) is 21.8 Å². The van der Waals surface area contributed by atoms with Crippen molar-refractivity contribution in [1.29, 1.82) is 0 Å². The maximum absolute atomic E-state index is 14.9. The molecule has 5 rings (SSSR count). The molecule has 0 aliphatic heterocycles. The smallest absolute Gasteiger partial charge is 0.264 e. The van der Waals surface area contributed by atoms with Gasteiger partial charge in [-0.2, -0.15) is 0 Å². The Labute approximate surface area is 267 Å². The maximum atomic E-state index is 14.9. The number of carbonyl (C=O) groups excluding carboxylic acids is 3. The Bertz CT molecular complexity index is 2010. The molecule has 0 spiro atoms. The second kappa shape index (κ2) is 13.9. The van der Waals surface area contributed by atoms with Crippen LogP contribution in [0.2, 0.25) is 5.02 Å². The van der Waals surface area contributed by atoms with Crippen molar-refractivity contribution in [3.8, 4) is 5.69 Å². The van der Waals surface area contributed by atoms with Crippen LogP contribution in [0.5, 0.6) is 0 Å². The van der Waals surface area contributed by atoms with Gasteiger partial charge in [-0.05, 0) is 65.4 Å². The number of nitrogens with zero attached hydrogens (tertiary/aromatic N) is 4. The monoisotopic (exact) mass is 659 g/mol. The number of hydrogen-bond acceptors (Lipinski definition) is 8. The van der Waals surface area contributed by atoms with Crippen molar-refractivity contribution in [3.63, 3.8) is 0 Å². The summed E-state index contributed by atoms with van der Waals surface area (Å²) in [7, 11) is -4.08. The Kier molecular flexibility index (Phi) is 9.59. The Morgan fingerprint density at radius 2 is 1.57 bits per heavy atom. The molecule has 0 saturated carbocycles. The van der Waals surface area contributed by atoms with Gasteiger partial charge in [-0.25, -0.2) is 17.5 Å². The van der Waals surface area contributed by atoms with E-state index in [9.17, 15) is 27.2 Å². The molecule has 4 aromatic carbocycles. The van der Waals surface area contributed by atoms with Gasteiger partial charge in [-0.1, -0.05) is 60.1 Å². The summed E-state index contributed by atoms with van der Waals surface area (Å²) < 4.78 is 41.9. The minimum Gasteiger partial charge on any atom is -0.337 e. The van der Waals surface area contributed by atoms with Crippen LogP contribution in [-0.4, -0.2) is 46.3 Å². The number of amides is 3. The predicted octanol–water partition coefficient (Wildman–Crippen LogP) is 4.08. The summed E-state index contributed by atoms with van der Waals surface area (Å²) in [5.41, 5.74) is 0.844. The van der Waals surface area contributed by atoms with Gasteiger partial charge in [0.05, 0.1) is 15.6 Å². The molecular formula is C31H23ClFN7O5S. The van der Waals surface area contributed by atoms with E-state index in [1.807, 2.05) is 4.72 Å². The summed E-state index contributed by atoms with van der Waals surface area (Å²) in [6.07, 6.45) is 3.38. The fraction of sp³-hybridized carbons (Fsp3) is 0.0323. The molecule has 0 aliphatic rings. The number of anilines is 1. The van der Waals surface area contributed by atoms with Crippen LogP contribution in [0.1, 0.15) is 27.5 Å². The number of benzene rings is 4. The molecule has 1 atom stereocenters. The van der Waals surface area contributed by atoms with Crippen LogP contribution in [-0.2, 0) is 19.6 Å². The van der Waals surface area contributed by atoms with Gasteiger partial charge in [-0.15, -0.1) is 15.0 Å². The van der Waals surface area contributed by atoms with Crippen LogP contribution in [0.15, 0.2) is 114 Å². The molecule has 3 N–H and O–H groups in total. The molecule has 0 bridgehead atoms. The molecule has 0 saturated heterocycles. The molecule has 0 fully saturated rings. The van der Waals surface area contributed by atoms with Crippen molar-refractivity contribution < 1.29 is 27.2 Å². The van der Waals surface area contributed by atoms with Crippen molar-refractivity contribution in [2.45, 2.75) is 10.9 Å². The molecule has 15 heteroatoms. The van der Waals surface area contributed by atoms with E-state index in [0.717, 1.165) is 17.2 Å². The Morgan fingerprint density at radius 3 is 2.22 bits per heavy atom. The van der Waals surface area contributed by atoms with E-state index in [2.05, 4.69) is 26.0 Å². The number of rotatable bonds is 10. The molecule has 46 heavy (non-hydrogen) atoms. The zero-order valence-electron chi connectivity index (χ0n) is 23.5. The minimum absolute atomic E-state index is 0.0317. The van der Waals surface area contributed by atoms with Gasteiger partial charge in [0.15, 0.2) is 12.1 Å². The van der Waals surface area contributed by atoms with Crippen LogP contribution in [0.3, 0.4) is 0 Å². The van der Waals surface area contributed by atoms with Crippen LogP contribution in [0.25, 0.3) is 11.8 Å². The summed E-state index contributed by atoms with van der Waals surface area (Å²) in [6.45, 7) is 0. The first-order chi connectivity index (χ1) is 22.1. The summed E-state index contributed by atoms with van der Waals surface area (Å²) in [6, 6.07) is 22.9. The van der Waals surface area contributed by atoms with Crippen molar-refractivity contribution >= 4 is 51.1 Å². The quantitative estimate of drug-likeness (QED) is 0.189. The Hall–Kier alpha value is -5.73. The average Bonchev–Trinajstić information content (AvgIpc) is 3.60. The Morgan fingerprint density at radius 1 is 0.891 bits per heavy atom. The fourth-order valence-corrected chi connectivity index (χ4v) is 5.38. The van der Waals surface area contributed by atoms with Gasteiger partial charge in [0, 0.05) is 22.9 Å². The standard InChI is InChI=1S/C31H23ClFN7O5S/c32-25-16-17-26(40-35-19-34-39-40)24(28(25)33)15-18-27(41)37-29(20-7-3-1-4-8-20)31(43)36-22-13-11-21(12-14-22)30(42)38-46(44,45)23-9-5-2-6-10-23/h1-19,29H,(H,36,43)(H,37,41)(H,38,42)/b18-15+/t29-/m0/s1. The lowest BCUT2D eigenvalue weighted by Gasteiger charge is -2.18. The molecule has 1 aromatic heterocycles. The number of halogens is 2. The van der Waals surface area contributed by atoms with Crippen molar-refractivity contribution in [2.75, 3.05) is 5.32 Å². The zero-order valence-corrected chi connectivity index (χ0v) is 25.1. The molecule has 232 valence electrons. The molecule has 12 nitrogen and oxygen atoms in total. The maximum Gasteiger partial charge on any atom is 0.264 e. The average molecular weight is 660 g/mol. The topological polar surface area (TPSA) is 165 Å². The molecule has 3 amide bonds. The fourth-order valence-electron chi connectivity index (χ4n) is 4.22. The van der Waals surface area contributed by atoms with Crippen molar-refractivity contribution in [2.24, 2.45) is 0 Å². The predicted molar refractivity (Wildman–Crippen MR) is 167 cm³/mol. The second-order valence-electron chi connectivity index (χ2n) is 9.52. The van der Waals surface area contributed by atoms with Crippen molar-refractivity contribution in [1.82, 2.24) is 30.2 Å². The number of sulfonamides is 1. The third kappa shape index (κ3) is 7.49. The highest BCUT2D eigenvalue weighted by molar-refractivity contribution is 7.90. The van der Waals surface area contributed by atoms with Crippen LogP contribution < -0.4 is 15.4 Å². The molecule has 5 aromatic rings. The summed E-state index contributed by atoms with van der Waals surface area (Å²) >= 11 is 5.95. The molecular weight excluding hydrogens is 637 g/mol. The highest BCUT2D eigenvalue weighted by Crippen LogP contribution is 2.25. The van der Waals surface area contributed by atoms with Gasteiger partial charge in [0.2, 0.25) is 5.91 Å². The van der Waals surface area contributed by atoms with E-state index < -0.39 is 39.6 Å². The Balaban J connectivity index is 1.30. The molecule has 0 aliphatic carbocycles. The van der Waals surface area contributed by atoms with Crippen LogP contribution >= 0.6 is 11.6 Å².